The van der Waals surface area contributed by atoms with Gasteiger partial charge in [-0.25, -0.2) is 4.79 Å². The Kier molecular flexibility index (Phi) is 4.62. The van der Waals surface area contributed by atoms with Crippen molar-refractivity contribution in [2.24, 2.45) is 5.92 Å². The van der Waals surface area contributed by atoms with E-state index in [1.807, 2.05) is 24.3 Å². The monoisotopic (exact) mass is 316 g/mol. The van der Waals surface area contributed by atoms with Gasteiger partial charge in [0.05, 0.1) is 12.7 Å². The number of rotatable bonds is 5. The second-order valence-corrected chi connectivity index (χ2v) is 7.60. The number of nitrogens with one attached hydrogen (secondary N) is 1. The number of methoxy groups -OCH3 is 1. The molecule has 0 spiro atoms. The van der Waals surface area contributed by atoms with Crippen molar-refractivity contribution in [3.63, 3.8) is 0 Å². The van der Waals surface area contributed by atoms with Gasteiger partial charge in [-0.1, -0.05) is 0 Å². The van der Waals surface area contributed by atoms with Gasteiger partial charge in [-0.2, -0.15) is 0 Å². The predicted octanol–water partition coefficient (Wildman–Crippen LogP) is 3.54. The van der Waals surface area contributed by atoms with Crippen molar-refractivity contribution in [3.05, 3.63) is 29.8 Å². The van der Waals surface area contributed by atoms with Crippen LogP contribution in [0.5, 0.6) is 0 Å². The number of hydrogen-bond donors (Lipinski definition) is 1. The van der Waals surface area contributed by atoms with Crippen LogP contribution in [0.2, 0.25) is 0 Å². The first kappa shape index (κ1) is 16.3. The number of carbonyl (C=O) groups excluding carboxylic acids is 1. The van der Waals surface area contributed by atoms with Gasteiger partial charge in [-0.05, 0) is 69.7 Å². The van der Waals surface area contributed by atoms with E-state index in [2.05, 4.69) is 24.1 Å². The molecule has 1 aliphatic heterocycles. The van der Waals surface area contributed by atoms with Crippen molar-refractivity contribution in [2.75, 3.05) is 25.5 Å². The van der Waals surface area contributed by atoms with Gasteiger partial charge in [-0.3, -0.25) is 4.90 Å². The maximum atomic E-state index is 11.5. The third-order valence-electron chi connectivity index (χ3n) is 5.20. The molecule has 4 heteroatoms. The third kappa shape index (κ3) is 4.05. The molecule has 1 atom stereocenters. The SMILES string of the molecule is COC(=O)c1ccc(NC2CCN(CC3CC3)C(C)(C)C2)cc1. The molecule has 23 heavy (non-hydrogen) atoms. The van der Waals surface area contributed by atoms with Gasteiger partial charge in [0.25, 0.3) is 0 Å². The molecule has 2 aliphatic rings. The minimum Gasteiger partial charge on any atom is -0.465 e. The Morgan fingerprint density at radius 2 is 1.96 bits per heavy atom. The molecule has 0 bridgehead atoms. The van der Waals surface area contributed by atoms with E-state index in [-0.39, 0.29) is 11.5 Å². The first-order valence-corrected chi connectivity index (χ1v) is 8.68. The molecule has 1 saturated carbocycles. The zero-order valence-corrected chi connectivity index (χ0v) is 14.5. The summed E-state index contributed by atoms with van der Waals surface area (Å²) in [6.45, 7) is 7.17. The van der Waals surface area contributed by atoms with Crippen molar-refractivity contribution < 1.29 is 9.53 Å². The van der Waals surface area contributed by atoms with Crippen molar-refractivity contribution in [3.8, 4) is 0 Å². The average molecular weight is 316 g/mol. The summed E-state index contributed by atoms with van der Waals surface area (Å²) in [5, 5.41) is 3.63. The van der Waals surface area contributed by atoms with E-state index in [9.17, 15) is 4.79 Å². The summed E-state index contributed by atoms with van der Waals surface area (Å²) in [5.74, 6) is 0.663. The number of hydrogen-bond acceptors (Lipinski definition) is 4. The van der Waals surface area contributed by atoms with Crippen molar-refractivity contribution in [1.29, 1.82) is 0 Å². The van der Waals surface area contributed by atoms with Gasteiger partial charge in [-0.15, -0.1) is 0 Å². The maximum Gasteiger partial charge on any atom is 0.337 e. The zero-order chi connectivity index (χ0) is 16.4. The first-order valence-electron chi connectivity index (χ1n) is 8.68. The molecule has 1 aromatic carbocycles. The molecule has 2 fully saturated rings. The highest BCUT2D eigenvalue weighted by atomic mass is 16.5. The van der Waals surface area contributed by atoms with E-state index in [1.165, 1.54) is 39.5 Å². The van der Waals surface area contributed by atoms with Crippen molar-refractivity contribution >= 4 is 11.7 Å². The number of esters is 1. The van der Waals surface area contributed by atoms with Crippen LogP contribution in [0.15, 0.2) is 24.3 Å². The lowest BCUT2D eigenvalue weighted by Gasteiger charge is -2.46. The number of carbonyl (C=O) groups is 1. The number of likely N-dealkylation sites (tertiary alicyclic amines) is 1. The highest BCUT2D eigenvalue weighted by molar-refractivity contribution is 5.89. The Balaban J connectivity index is 1.57. The van der Waals surface area contributed by atoms with Crippen LogP contribution >= 0.6 is 0 Å². The molecule has 126 valence electrons. The molecule has 1 aliphatic carbocycles. The normalized spacial score (nSPS) is 24.2. The summed E-state index contributed by atoms with van der Waals surface area (Å²) in [7, 11) is 1.41. The Morgan fingerprint density at radius 1 is 1.26 bits per heavy atom. The Morgan fingerprint density at radius 3 is 2.52 bits per heavy atom. The first-order chi connectivity index (χ1) is 11.0. The molecule has 1 saturated heterocycles. The molecule has 0 aromatic heterocycles. The molecular weight excluding hydrogens is 288 g/mol. The third-order valence-corrected chi connectivity index (χ3v) is 5.20. The van der Waals surface area contributed by atoms with Gasteiger partial charge in [0, 0.05) is 30.4 Å². The van der Waals surface area contributed by atoms with Crippen LogP contribution in [-0.2, 0) is 4.74 Å². The van der Waals surface area contributed by atoms with Gasteiger partial charge in [0.2, 0.25) is 0 Å². The second-order valence-electron chi connectivity index (χ2n) is 7.60. The van der Waals surface area contributed by atoms with Crippen LogP contribution in [0.3, 0.4) is 0 Å². The van der Waals surface area contributed by atoms with Gasteiger partial charge in [0.1, 0.15) is 0 Å². The van der Waals surface area contributed by atoms with E-state index >= 15 is 0 Å². The summed E-state index contributed by atoms with van der Waals surface area (Å²) < 4.78 is 4.74. The van der Waals surface area contributed by atoms with Gasteiger partial charge >= 0.3 is 5.97 Å². The maximum absolute atomic E-state index is 11.5. The summed E-state index contributed by atoms with van der Waals surface area (Å²) >= 11 is 0. The van der Waals surface area contributed by atoms with E-state index in [0.29, 0.717) is 11.6 Å². The highest BCUT2D eigenvalue weighted by Crippen LogP contribution is 2.36. The molecule has 1 aromatic rings. The van der Waals surface area contributed by atoms with Crippen LogP contribution in [0.1, 0.15) is 49.9 Å². The molecule has 0 amide bonds. The Bertz CT molecular complexity index is 549. The molecule has 3 rings (SSSR count). The summed E-state index contributed by atoms with van der Waals surface area (Å²) in [5.41, 5.74) is 1.93. The van der Waals surface area contributed by atoms with Gasteiger partial charge in [0.15, 0.2) is 0 Å². The fourth-order valence-electron chi connectivity index (χ4n) is 3.58. The number of benzene rings is 1. The fraction of sp³-hybridized carbons (Fsp3) is 0.632. The minimum atomic E-state index is -0.286. The summed E-state index contributed by atoms with van der Waals surface area (Å²) in [6.07, 6.45) is 5.16. The number of ether oxygens (including phenoxy) is 1. The number of nitrogens with zero attached hydrogens (tertiary/aromatic N) is 1. The Hall–Kier alpha value is -1.55. The standard InChI is InChI=1S/C19H28N2O2/c1-19(2)12-17(10-11-21(19)13-14-4-5-14)20-16-8-6-15(7-9-16)18(22)23-3/h6-9,14,17,20H,4-5,10-13H2,1-3H3. The highest BCUT2D eigenvalue weighted by Gasteiger charge is 2.37. The van der Waals surface area contributed by atoms with Crippen LogP contribution in [0, 0.1) is 5.92 Å². The van der Waals surface area contributed by atoms with E-state index < -0.39 is 0 Å². The zero-order valence-electron chi connectivity index (χ0n) is 14.5. The second kappa shape index (κ2) is 6.52. The van der Waals surface area contributed by atoms with Crippen molar-refractivity contribution in [2.45, 2.75) is 51.1 Å². The topological polar surface area (TPSA) is 41.6 Å². The van der Waals surface area contributed by atoms with Gasteiger partial charge < -0.3 is 10.1 Å². The largest absolute Gasteiger partial charge is 0.465 e. The summed E-state index contributed by atoms with van der Waals surface area (Å²) in [4.78, 5) is 14.2. The summed E-state index contributed by atoms with van der Waals surface area (Å²) in [6, 6.07) is 8.07. The molecule has 1 N–H and O–H groups in total. The van der Waals surface area contributed by atoms with Crippen molar-refractivity contribution in [1.82, 2.24) is 4.90 Å². The smallest absolute Gasteiger partial charge is 0.337 e. The molecule has 0 radical (unpaired) electrons. The quantitative estimate of drug-likeness (QED) is 0.844. The predicted molar refractivity (Wildman–Crippen MR) is 92.8 cm³/mol. The van der Waals surface area contributed by atoms with Crippen LogP contribution in [0.25, 0.3) is 0 Å². The molecular formula is C19H28N2O2. The Labute approximate surface area is 139 Å². The molecule has 1 unspecified atom stereocenters. The lowest BCUT2D eigenvalue weighted by atomic mass is 9.86. The lowest BCUT2D eigenvalue weighted by Crippen LogP contribution is -2.53. The van der Waals surface area contributed by atoms with E-state index in [1.54, 1.807) is 0 Å². The van der Waals surface area contributed by atoms with Crippen LogP contribution in [0.4, 0.5) is 5.69 Å². The number of anilines is 1. The van der Waals surface area contributed by atoms with Crippen LogP contribution < -0.4 is 5.32 Å². The number of piperidine rings is 1. The van der Waals surface area contributed by atoms with E-state index in [4.69, 9.17) is 4.74 Å². The minimum absolute atomic E-state index is 0.254. The average Bonchev–Trinajstić information content (AvgIpc) is 3.34. The van der Waals surface area contributed by atoms with Crippen LogP contribution in [-0.4, -0.2) is 42.6 Å². The molecule has 1 heterocycles. The van der Waals surface area contributed by atoms with E-state index in [0.717, 1.165) is 18.0 Å². The fourth-order valence-corrected chi connectivity index (χ4v) is 3.58. The molecule has 4 nitrogen and oxygen atoms in total. The lowest BCUT2D eigenvalue weighted by molar-refractivity contribution is 0.0600.